The van der Waals surface area contributed by atoms with Crippen LogP contribution in [0.25, 0.3) is 0 Å². The van der Waals surface area contributed by atoms with Gasteiger partial charge in [0.15, 0.2) is 0 Å². The Morgan fingerprint density at radius 1 is 1.04 bits per heavy atom. The summed E-state index contributed by atoms with van der Waals surface area (Å²) in [4.78, 5) is 4.85. The molecule has 2 aromatic rings. The highest BCUT2D eigenvalue weighted by Gasteiger charge is 2.21. The maximum Gasteiger partial charge on any atom is 0.0916 e. The highest BCUT2D eigenvalue weighted by atomic mass is 16.3. The van der Waals surface area contributed by atoms with Gasteiger partial charge in [0.05, 0.1) is 11.8 Å². The number of hydrogen-bond acceptors (Lipinski definition) is 4. The number of aromatic nitrogens is 2. The van der Waals surface area contributed by atoms with Crippen molar-refractivity contribution in [2.24, 2.45) is 7.05 Å². The van der Waals surface area contributed by atoms with Crippen molar-refractivity contribution in [1.29, 1.82) is 0 Å². The average molecular weight is 328 g/mol. The number of piperazine rings is 1. The van der Waals surface area contributed by atoms with Gasteiger partial charge < -0.3 is 5.11 Å². The zero-order chi connectivity index (χ0) is 17.1. The molecule has 0 bridgehead atoms. The predicted octanol–water partition coefficient (Wildman–Crippen LogP) is 1.89. The van der Waals surface area contributed by atoms with Crippen molar-refractivity contribution in [3.8, 4) is 0 Å². The van der Waals surface area contributed by atoms with Crippen LogP contribution in [-0.4, -0.2) is 57.4 Å². The summed E-state index contributed by atoms with van der Waals surface area (Å²) in [6, 6.07) is 9.94. The lowest BCUT2D eigenvalue weighted by Gasteiger charge is -2.35. The SMILES string of the molecule is Cc1nn(C)c(C)c1CN1CCN(CC(O)c2ccccc2)CC1. The Balaban J connectivity index is 1.51. The highest BCUT2D eigenvalue weighted by molar-refractivity contribution is 5.24. The molecule has 24 heavy (non-hydrogen) atoms. The van der Waals surface area contributed by atoms with Crippen LogP contribution in [0.15, 0.2) is 30.3 Å². The van der Waals surface area contributed by atoms with E-state index in [2.05, 4.69) is 28.7 Å². The average Bonchev–Trinajstić information content (AvgIpc) is 2.83. The molecule has 1 aliphatic rings. The van der Waals surface area contributed by atoms with Crippen molar-refractivity contribution in [3.05, 3.63) is 52.8 Å². The van der Waals surface area contributed by atoms with Gasteiger partial charge in [-0.2, -0.15) is 5.10 Å². The lowest BCUT2D eigenvalue weighted by atomic mass is 10.1. The maximum atomic E-state index is 10.4. The molecule has 0 saturated carbocycles. The van der Waals surface area contributed by atoms with Crippen molar-refractivity contribution in [2.45, 2.75) is 26.5 Å². The first-order chi connectivity index (χ1) is 11.5. The van der Waals surface area contributed by atoms with Gasteiger partial charge in [0.2, 0.25) is 0 Å². The van der Waals surface area contributed by atoms with Gasteiger partial charge in [-0.25, -0.2) is 0 Å². The lowest BCUT2D eigenvalue weighted by molar-refractivity contribution is 0.0700. The van der Waals surface area contributed by atoms with E-state index in [0.29, 0.717) is 6.54 Å². The second-order valence-electron chi connectivity index (χ2n) is 6.78. The zero-order valence-electron chi connectivity index (χ0n) is 14.9. The van der Waals surface area contributed by atoms with Crippen molar-refractivity contribution in [1.82, 2.24) is 19.6 Å². The molecule has 1 aromatic carbocycles. The summed E-state index contributed by atoms with van der Waals surface area (Å²) < 4.78 is 1.97. The Morgan fingerprint density at radius 3 is 2.25 bits per heavy atom. The molecule has 0 amide bonds. The maximum absolute atomic E-state index is 10.4. The van der Waals surface area contributed by atoms with Crippen LogP contribution in [0.3, 0.4) is 0 Å². The van der Waals surface area contributed by atoms with Crippen LogP contribution < -0.4 is 0 Å². The van der Waals surface area contributed by atoms with E-state index in [1.54, 1.807) is 0 Å². The quantitative estimate of drug-likeness (QED) is 0.910. The van der Waals surface area contributed by atoms with Gasteiger partial charge in [0, 0.05) is 57.6 Å². The molecule has 1 atom stereocenters. The molecular formula is C19H28N4O. The Bertz CT molecular complexity index is 660. The normalized spacial score (nSPS) is 18.0. The number of aliphatic hydroxyl groups excluding tert-OH is 1. The Morgan fingerprint density at radius 2 is 1.67 bits per heavy atom. The molecule has 1 aliphatic heterocycles. The summed E-state index contributed by atoms with van der Waals surface area (Å²) in [5.41, 5.74) is 4.75. The van der Waals surface area contributed by atoms with Gasteiger partial charge in [-0.1, -0.05) is 30.3 Å². The fraction of sp³-hybridized carbons (Fsp3) is 0.526. The molecule has 1 unspecified atom stereocenters. The number of nitrogens with zero attached hydrogens (tertiary/aromatic N) is 4. The Labute approximate surface area is 144 Å². The fourth-order valence-corrected chi connectivity index (χ4v) is 3.43. The van der Waals surface area contributed by atoms with E-state index < -0.39 is 6.10 Å². The number of aliphatic hydroxyl groups is 1. The fourth-order valence-electron chi connectivity index (χ4n) is 3.43. The van der Waals surface area contributed by atoms with Crippen LogP contribution in [0.5, 0.6) is 0 Å². The van der Waals surface area contributed by atoms with Gasteiger partial charge in [-0.15, -0.1) is 0 Å². The van der Waals surface area contributed by atoms with Crippen LogP contribution in [0, 0.1) is 13.8 Å². The van der Waals surface area contributed by atoms with Gasteiger partial charge in [-0.05, 0) is 19.4 Å². The summed E-state index contributed by atoms with van der Waals surface area (Å²) in [7, 11) is 2.01. The summed E-state index contributed by atoms with van der Waals surface area (Å²) in [5, 5.41) is 14.9. The third-order valence-corrected chi connectivity index (χ3v) is 5.12. The lowest BCUT2D eigenvalue weighted by Crippen LogP contribution is -2.47. The van der Waals surface area contributed by atoms with Crippen molar-refractivity contribution in [3.63, 3.8) is 0 Å². The molecule has 130 valence electrons. The van der Waals surface area contributed by atoms with Crippen molar-refractivity contribution in [2.75, 3.05) is 32.7 Å². The van der Waals surface area contributed by atoms with E-state index in [4.69, 9.17) is 0 Å². The van der Waals surface area contributed by atoms with Gasteiger partial charge >= 0.3 is 0 Å². The number of aryl methyl sites for hydroxylation is 2. The largest absolute Gasteiger partial charge is 0.387 e. The number of rotatable bonds is 5. The summed E-state index contributed by atoms with van der Waals surface area (Å²) in [6.07, 6.45) is -0.402. The summed E-state index contributed by atoms with van der Waals surface area (Å²) >= 11 is 0. The minimum Gasteiger partial charge on any atom is -0.387 e. The standard InChI is InChI=1S/C19H28N4O/c1-15-18(16(2)21(3)20-15)13-22-9-11-23(12-10-22)14-19(24)17-7-5-4-6-8-17/h4-8,19,24H,9-14H2,1-3H3. The number of hydrogen-bond donors (Lipinski definition) is 1. The molecule has 0 radical (unpaired) electrons. The predicted molar refractivity (Wildman–Crippen MR) is 95.8 cm³/mol. The molecule has 1 saturated heterocycles. The molecular weight excluding hydrogens is 300 g/mol. The first kappa shape index (κ1) is 17.1. The van der Waals surface area contributed by atoms with E-state index in [9.17, 15) is 5.11 Å². The third kappa shape index (κ3) is 3.86. The topological polar surface area (TPSA) is 44.5 Å². The monoisotopic (exact) mass is 328 g/mol. The molecule has 2 heterocycles. The van der Waals surface area contributed by atoms with E-state index in [0.717, 1.165) is 44.0 Å². The number of benzene rings is 1. The molecule has 1 fully saturated rings. The second-order valence-corrected chi connectivity index (χ2v) is 6.78. The zero-order valence-corrected chi connectivity index (χ0v) is 14.9. The molecule has 0 aliphatic carbocycles. The van der Waals surface area contributed by atoms with Crippen molar-refractivity contribution < 1.29 is 5.11 Å². The molecule has 1 aromatic heterocycles. The Hall–Kier alpha value is -1.69. The molecule has 5 heteroatoms. The molecule has 3 rings (SSSR count). The first-order valence-corrected chi connectivity index (χ1v) is 8.71. The minimum absolute atomic E-state index is 0.402. The van der Waals surface area contributed by atoms with E-state index >= 15 is 0 Å². The van der Waals surface area contributed by atoms with E-state index in [-0.39, 0.29) is 0 Å². The van der Waals surface area contributed by atoms with Crippen LogP contribution in [0.2, 0.25) is 0 Å². The number of β-amino-alcohol motifs (C(OH)–C–C–N with tert-alkyl or cyclic N) is 1. The van der Waals surface area contributed by atoms with Crippen LogP contribution >= 0.6 is 0 Å². The molecule has 1 N–H and O–H groups in total. The van der Waals surface area contributed by atoms with Gasteiger partial charge in [0.25, 0.3) is 0 Å². The third-order valence-electron chi connectivity index (χ3n) is 5.12. The summed E-state index contributed by atoms with van der Waals surface area (Å²) in [5.74, 6) is 0. The van der Waals surface area contributed by atoms with Crippen LogP contribution in [0.1, 0.15) is 28.6 Å². The van der Waals surface area contributed by atoms with Crippen LogP contribution in [-0.2, 0) is 13.6 Å². The Kier molecular flexibility index (Phi) is 5.33. The van der Waals surface area contributed by atoms with Gasteiger partial charge in [-0.3, -0.25) is 14.5 Å². The highest BCUT2D eigenvalue weighted by Crippen LogP contribution is 2.18. The van der Waals surface area contributed by atoms with E-state index in [1.165, 1.54) is 11.3 Å². The second kappa shape index (κ2) is 7.47. The van der Waals surface area contributed by atoms with Crippen LogP contribution in [0.4, 0.5) is 0 Å². The molecule has 0 spiro atoms. The van der Waals surface area contributed by atoms with Gasteiger partial charge in [0.1, 0.15) is 0 Å². The first-order valence-electron chi connectivity index (χ1n) is 8.71. The van der Waals surface area contributed by atoms with Crippen molar-refractivity contribution >= 4 is 0 Å². The minimum atomic E-state index is -0.402. The smallest absolute Gasteiger partial charge is 0.0916 e. The van der Waals surface area contributed by atoms with E-state index in [1.807, 2.05) is 42.1 Å². The molecule has 5 nitrogen and oxygen atoms in total. The summed E-state index contributed by atoms with van der Waals surface area (Å²) in [6.45, 7) is 10.00.